The Morgan fingerprint density at radius 3 is 2.84 bits per heavy atom. The monoisotopic (exact) mass is 262 g/mol. The van der Waals surface area contributed by atoms with Crippen molar-refractivity contribution in [1.29, 1.82) is 0 Å². The summed E-state index contributed by atoms with van der Waals surface area (Å²) in [6.45, 7) is 0.798. The van der Waals surface area contributed by atoms with Gasteiger partial charge in [0.05, 0.1) is 5.69 Å². The van der Waals surface area contributed by atoms with E-state index in [-0.39, 0.29) is 11.6 Å². The van der Waals surface area contributed by atoms with Crippen LogP contribution >= 0.6 is 0 Å². The molecule has 1 aromatic rings. The molecule has 1 amide bonds. The number of fused-ring (bicyclic) bond motifs is 1. The zero-order chi connectivity index (χ0) is 13.4. The van der Waals surface area contributed by atoms with Crippen LogP contribution in [0.3, 0.4) is 0 Å². The van der Waals surface area contributed by atoms with Gasteiger partial charge in [-0.05, 0) is 49.8 Å². The highest BCUT2D eigenvalue weighted by Crippen LogP contribution is 2.37. The minimum atomic E-state index is -0.508. The number of nitrogens with two attached hydrogens (primary N) is 1. The van der Waals surface area contributed by atoms with Gasteiger partial charge >= 0.3 is 0 Å². The number of likely N-dealkylation sites (tertiary alicyclic amines) is 1. The number of piperidine rings is 1. The van der Waals surface area contributed by atoms with E-state index in [9.17, 15) is 9.18 Å². The Bertz CT molecular complexity index is 503. The molecule has 4 heteroatoms. The summed E-state index contributed by atoms with van der Waals surface area (Å²) in [5.41, 5.74) is 5.96. The summed E-state index contributed by atoms with van der Waals surface area (Å²) in [6.07, 6.45) is 5.81. The van der Waals surface area contributed by atoms with E-state index in [2.05, 4.69) is 0 Å². The van der Waals surface area contributed by atoms with Gasteiger partial charge in [-0.3, -0.25) is 4.79 Å². The van der Waals surface area contributed by atoms with Gasteiger partial charge < -0.3 is 10.6 Å². The third-order valence-electron chi connectivity index (χ3n) is 4.50. The average molecular weight is 262 g/mol. The fourth-order valence-electron chi connectivity index (χ4n) is 3.53. The van der Waals surface area contributed by atoms with Crippen LogP contribution in [-0.4, -0.2) is 23.4 Å². The van der Waals surface area contributed by atoms with Crippen molar-refractivity contribution in [3.63, 3.8) is 0 Å². The molecule has 1 heterocycles. The van der Waals surface area contributed by atoms with E-state index in [0.717, 1.165) is 19.4 Å². The maximum atomic E-state index is 13.5. The van der Waals surface area contributed by atoms with Crippen LogP contribution in [0.2, 0.25) is 0 Å². The first-order chi connectivity index (χ1) is 9.16. The zero-order valence-corrected chi connectivity index (χ0v) is 10.9. The number of carbonyl (C=O) groups excluding carboxylic acids is 1. The largest absolute Gasteiger partial charge is 0.396 e. The molecule has 1 aromatic carbocycles. The van der Waals surface area contributed by atoms with Crippen molar-refractivity contribution in [2.75, 3.05) is 12.3 Å². The number of benzene rings is 1. The van der Waals surface area contributed by atoms with E-state index in [1.54, 1.807) is 6.07 Å². The van der Waals surface area contributed by atoms with Crippen LogP contribution in [0.15, 0.2) is 18.2 Å². The van der Waals surface area contributed by atoms with Gasteiger partial charge in [0.15, 0.2) is 0 Å². The van der Waals surface area contributed by atoms with Crippen molar-refractivity contribution in [1.82, 2.24) is 4.90 Å². The van der Waals surface area contributed by atoms with Crippen LogP contribution in [0, 0.1) is 11.7 Å². The third-order valence-corrected chi connectivity index (χ3v) is 4.50. The molecular formula is C15H19FN2O. The quantitative estimate of drug-likeness (QED) is 0.791. The Morgan fingerprint density at radius 1 is 1.26 bits per heavy atom. The molecule has 1 saturated heterocycles. The first-order valence-corrected chi connectivity index (χ1v) is 7.03. The number of rotatable bonds is 1. The third kappa shape index (κ3) is 2.20. The molecule has 0 spiro atoms. The lowest BCUT2D eigenvalue weighted by molar-refractivity contribution is 0.0548. The lowest BCUT2D eigenvalue weighted by Crippen LogP contribution is -2.46. The summed E-state index contributed by atoms with van der Waals surface area (Å²) in [5, 5.41) is 0. The van der Waals surface area contributed by atoms with Gasteiger partial charge in [0, 0.05) is 18.2 Å². The number of anilines is 1. The molecule has 0 bridgehead atoms. The lowest BCUT2D eigenvalue weighted by atomic mass is 9.91. The number of nitrogens with zero attached hydrogens (tertiary/aromatic N) is 1. The molecule has 1 aliphatic heterocycles. The van der Waals surface area contributed by atoms with Crippen molar-refractivity contribution < 1.29 is 9.18 Å². The summed E-state index contributed by atoms with van der Waals surface area (Å²) in [4.78, 5) is 14.5. The van der Waals surface area contributed by atoms with Gasteiger partial charge in [0.2, 0.25) is 0 Å². The van der Waals surface area contributed by atoms with E-state index in [0.29, 0.717) is 17.5 Å². The molecule has 1 saturated carbocycles. The second-order valence-electron chi connectivity index (χ2n) is 5.64. The highest BCUT2D eigenvalue weighted by atomic mass is 19.1. The number of hydrogen-bond acceptors (Lipinski definition) is 2. The molecule has 0 aromatic heterocycles. The molecule has 0 radical (unpaired) electrons. The van der Waals surface area contributed by atoms with Crippen molar-refractivity contribution in [3.8, 4) is 0 Å². The molecule has 19 heavy (non-hydrogen) atoms. The second kappa shape index (κ2) is 4.83. The molecule has 2 unspecified atom stereocenters. The van der Waals surface area contributed by atoms with E-state index >= 15 is 0 Å². The van der Waals surface area contributed by atoms with Gasteiger partial charge in [-0.2, -0.15) is 0 Å². The highest BCUT2D eigenvalue weighted by Gasteiger charge is 2.37. The Balaban J connectivity index is 1.84. The predicted molar refractivity (Wildman–Crippen MR) is 72.2 cm³/mol. The minimum Gasteiger partial charge on any atom is -0.396 e. The summed E-state index contributed by atoms with van der Waals surface area (Å²) in [7, 11) is 0. The van der Waals surface area contributed by atoms with Crippen molar-refractivity contribution in [3.05, 3.63) is 29.6 Å². The maximum Gasteiger partial charge on any atom is 0.254 e. The first-order valence-electron chi connectivity index (χ1n) is 7.03. The van der Waals surface area contributed by atoms with Crippen molar-refractivity contribution >= 4 is 11.6 Å². The van der Waals surface area contributed by atoms with Crippen LogP contribution in [0.4, 0.5) is 10.1 Å². The topological polar surface area (TPSA) is 46.3 Å². The summed E-state index contributed by atoms with van der Waals surface area (Å²) >= 11 is 0. The lowest BCUT2D eigenvalue weighted by Gasteiger charge is -2.37. The minimum absolute atomic E-state index is 0.0458. The maximum absolute atomic E-state index is 13.5. The second-order valence-corrected chi connectivity index (χ2v) is 5.64. The highest BCUT2D eigenvalue weighted by molar-refractivity contribution is 5.94. The van der Waals surface area contributed by atoms with Crippen LogP contribution in [0.5, 0.6) is 0 Å². The van der Waals surface area contributed by atoms with Gasteiger partial charge in [0.25, 0.3) is 5.91 Å². The fourth-order valence-corrected chi connectivity index (χ4v) is 3.53. The fraction of sp³-hybridized carbons (Fsp3) is 0.533. The van der Waals surface area contributed by atoms with Crippen LogP contribution < -0.4 is 5.73 Å². The smallest absolute Gasteiger partial charge is 0.254 e. The van der Waals surface area contributed by atoms with E-state index < -0.39 is 5.82 Å². The SMILES string of the molecule is Nc1ccc(C(=O)N2CCCC3CCCC32)cc1F. The summed E-state index contributed by atoms with van der Waals surface area (Å²) in [5.74, 6) is 0.0951. The molecule has 1 aliphatic carbocycles. The predicted octanol–water partition coefficient (Wildman–Crippen LogP) is 2.81. The molecule has 2 atom stereocenters. The van der Waals surface area contributed by atoms with Crippen LogP contribution in [-0.2, 0) is 0 Å². The summed E-state index contributed by atoms with van der Waals surface area (Å²) in [6, 6.07) is 4.72. The average Bonchev–Trinajstić information content (AvgIpc) is 2.89. The Labute approximate surface area is 112 Å². The molecule has 2 aliphatic rings. The Hall–Kier alpha value is -1.58. The van der Waals surface area contributed by atoms with Crippen molar-refractivity contribution in [2.24, 2.45) is 5.92 Å². The Kier molecular flexibility index (Phi) is 3.17. The zero-order valence-electron chi connectivity index (χ0n) is 10.9. The van der Waals surface area contributed by atoms with Crippen LogP contribution in [0.25, 0.3) is 0 Å². The van der Waals surface area contributed by atoms with Gasteiger partial charge in [-0.1, -0.05) is 6.42 Å². The Morgan fingerprint density at radius 2 is 2.05 bits per heavy atom. The number of nitrogen functional groups attached to an aromatic ring is 1. The van der Waals surface area contributed by atoms with Gasteiger partial charge in [-0.25, -0.2) is 4.39 Å². The summed E-state index contributed by atoms with van der Waals surface area (Å²) < 4.78 is 13.5. The number of halogens is 1. The number of hydrogen-bond donors (Lipinski definition) is 1. The van der Waals surface area contributed by atoms with Gasteiger partial charge in [0.1, 0.15) is 5.82 Å². The molecule has 2 N–H and O–H groups in total. The van der Waals surface area contributed by atoms with E-state index in [1.165, 1.54) is 31.4 Å². The number of carbonyl (C=O) groups is 1. The molecule has 3 rings (SSSR count). The standard InChI is InChI=1S/C15H19FN2O/c16-12-9-11(6-7-13(12)17)15(19)18-8-2-4-10-3-1-5-14(10)18/h6-7,9-10,14H,1-5,8,17H2. The van der Waals surface area contributed by atoms with E-state index in [1.807, 2.05) is 4.90 Å². The van der Waals surface area contributed by atoms with Crippen molar-refractivity contribution in [2.45, 2.75) is 38.1 Å². The molecule has 102 valence electrons. The molecule has 2 fully saturated rings. The van der Waals surface area contributed by atoms with Gasteiger partial charge in [-0.15, -0.1) is 0 Å². The molecule has 3 nitrogen and oxygen atoms in total. The number of amides is 1. The van der Waals surface area contributed by atoms with Crippen LogP contribution in [0.1, 0.15) is 42.5 Å². The van der Waals surface area contributed by atoms with E-state index in [4.69, 9.17) is 5.73 Å². The normalized spacial score (nSPS) is 26.3. The first kappa shape index (κ1) is 12.5. The molecular weight excluding hydrogens is 243 g/mol.